The summed E-state index contributed by atoms with van der Waals surface area (Å²) < 4.78 is 0. The molecule has 0 spiro atoms. The summed E-state index contributed by atoms with van der Waals surface area (Å²) in [7, 11) is 0. The molecule has 1 rings (SSSR count). The molecular formula is C12H15NO3. The van der Waals surface area contributed by atoms with Crippen molar-refractivity contribution < 1.29 is 14.7 Å². The molecular weight excluding hydrogens is 206 g/mol. The monoisotopic (exact) mass is 221 g/mol. The van der Waals surface area contributed by atoms with E-state index in [0.29, 0.717) is 5.56 Å². The summed E-state index contributed by atoms with van der Waals surface area (Å²) in [6, 6.07) is 8.07. The zero-order valence-corrected chi connectivity index (χ0v) is 9.31. The number of hydrogen-bond acceptors (Lipinski definition) is 2. The van der Waals surface area contributed by atoms with Crippen LogP contribution in [0.3, 0.4) is 0 Å². The molecule has 0 saturated carbocycles. The van der Waals surface area contributed by atoms with Gasteiger partial charge in [-0.05, 0) is 5.56 Å². The number of carbonyl (C=O) groups is 2. The molecule has 1 amide bonds. The average molecular weight is 221 g/mol. The molecule has 4 nitrogen and oxygen atoms in total. The summed E-state index contributed by atoms with van der Waals surface area (Å²) in [5, 5.41) is 11.0. The van der Waals surface area contributed by atoms with E-state index in [-0.39, 0.29) is 11.7 Å². The molecule has 0 aliphatic heterocycles. The fourth-order valence-corrected chi connectivity index (χ4v) is 1.42. The number of amides is 1. The molecule has 2 N–H and O–H groups in total. The molecule has 1 aromatic rings. The second kappa shape index (κ2) is 5.30. The maximum atomic E-state index is 11.9. The molecule has 86 valence electrons. The first-order valence-corrected chi connectivity index (χ1v) is 5.10. The highest BCUT2D eigenvalue weighted by molar-refractivity contribution is 5.89. The first-order valence-electron chi connectivity index (χ1n) is 5.10. The number of Topliss-reactive ketones (excluding diaryl/α,β-unsaturated/α-hetero) is 1. The lowest BCUT2D eigenvalue weighted by Gasteiger charge is -2.18. The minimum Gasteiger partial charge on any atom is -0.465 e. The van der Waals surface area contributed by atoms with Crippen LogP contribution in [0, 0.1) is 5.92 Å². The smallest absolute Gasteiger partial charge is 0.405 e. The second-order valence-electron chi connectivity index (χ2n) is 3.85. The van der Waals surface area contributed by atoms with Gasteiger partial charge in [-0.2, -0.15) is 0 Å². The largest absolute Gasteiger partial charge is 0.465 e. The summed E-state index contributed by atoms with van der Waals surface area (Å²) in [4.78, 5) is 22.5. The van der Waals surface area contributed by atoms with Gasteiger partial charge in [0.15, 0.2) is 5.78 Å². The van der Waals surface area contributed by atoms with E-state index in [0.717, 1.165) is 0 Å². The lowest BCUT2D eigenvalue weighted by Crippen LogP contribution is -2.34. The molecule has 0 radical (unpaired) electrons. The highest BCUT2D eigenvalue weighted by atomic mass is 16.4. The Balaban J connectivity index is 2.96. The lowest BCUT2D eigenvalue weighted by atomic mass is 9.95. The van der Waals surface area contributed by atoms with Crippen molar-refractivity contribution in [3.8, 4) is 0 Å². The van der Waals surface area contributed by atoms with Crippen molar-refractivity contribution in [1.82, 2.24) is 5.32 Å². The molecule has 0 aliphatic carbocycles. The van der Waals surface area contributed by atoms with Gasteiger partial charge in [0.05, 0.1) is 0 Å². The van der Waals surface area contributed by atoms with E-state index in [2.05, 4.69) is 5.32 Å². The van der Waals surface area contributed by atoms with Gasteiger partial charge in [0.25, 0.3) is 0 Å². The van der Waals surface area contributed by atoms with Crippen LogP contribution in [0.15, 0.2) is 30.3 Å². The molecule has 4 heteroatoms. The van der Waals surface area contributed by atoms with E-state index in [4.69, 9.17) is 5.11 Å². The van der Waals surface area contributed by atoms with Gasteiger partial charge < -0.3 is 10.4 Å². The fourth-order valence-electron chi connectivity index (χ4n) is 1.42. The van der Waals surface area contributed by atoms with Crippen molar-refractivity contribution in [2.75, 3.05) is 0 Å². The summed E-state index contributed by atoms with van der Waals surface area (Å²) in [6.45, 7) is 3.50. The Morgan fingerprint density at radius 1 is 1.19 bits per heavy atom. The van der Waals surface area contributed by atoms with Crippen molar-refractivity contribution in [2.45, 2.75) is 19.9 Å². The Labute approximate surface area is 94.3 Å². The lowest BCUT2D eigenvalue weighted by molar-refractivity contribution is -0.124. The molecule has 0 bridgehead atoms. The van der Waals surface area contributed by atoms with Gasteiger partial charge in [-0.25, -0.2) is 4.79 Å². The summed E-state index contributed by atoms with van der Waals surface area (Å²) in [5.41, 5.74) is 0.670. The topological polar surface area (TPSA) is 66.4 Å². The maximum Gasteiger partial charge on any atom is 0.405 e. The third-order valence-corrected chi connectivity index (χ3v) is 2.25. The number of rotatable bonds is 4. The highest BCUT2D eigenvalue weighted by Gasteiger charge is 2.24. The summed E-state index contributed by atoms with van der Waals surface area (Å²) in [5.74, 6) is -0.342. The molecule has 0 heterocycles. The zero-order chi connectivity index (χ0) is 12.1. The first-order chi connectivity index (χ1) is 7.52. The van der Waals surface area contributed by atoms with Crippen LogP contribution in [0.5, 0.6) is 0 Å². The predicted molar refractivity (Wildman–Crippen MR) is 60.2 cm³/mol. The number of ketones is 1. The van der Waals surface area contributed by atoms with Crippen LogP contribution in [0.4, 0.5) is 4.79 Å². The van der Waals surface area contributed by atoms with Crippen LogP contribution in [-0.4, -0.2) is 17.0 Å². The SMILES string of the molecule is CC(C)C(=O)C(NC(=O)O)c1ccccc1. The van der Waals surface area contributed by atoms with E-state index in [1.165, 1.54) is 0 Å². The van der Waals surface area contributed by atoms with E-state index in [1.54, 1.807) is 38.1 Å². The number of carbonyl (C=O) groups excluding carboxylic acids is 1. The van der Waals surface area contributed by atoms with E-state index >= 15 is 0 Å². The minimum atomic E-state index is -1.19. The van der Waals surface area contributed by atoms with Crippen molar-refractivity contribution >= 4 is 11.9 Å². The van der Waals surface area contributed by atoms with Gasteiger partial charge in [-0.15, -0.1) is 0 Å². The second-order valence-corrected chi connectivity index (χ2v) is 3.85. The van der Waals surface area contributed by atoms with E-state index in [9.17, 15) is 9.59 Å². The van der Waals surface area contributed by atoms with Crippen molar-refractivity contribution in [2.24, 2.45) is 5.92 Å². The number of nitrogens with one attached hydrogen (secondary N) is 1. The van der Waals surface area contributed by atoms with Gasteiger partial charge in [0, 0.05) is 5.92 Å². The van der Waals surface area contributed by atoms with Gasteiger partial charge in [-0.1, -0.05) is 44.2 Å². The van der Waals surface area contributed by atoms with Crippen molar-refractivity contribution in [3.05, 3.63) is 35.9 Å². The molecule has 0 aliphatic rings. The van der Waals surface area contributed by atoms with E-state index < -0.39 is 12.1 Å². The van der Waals surface area contributed by atoms with Crippen LogP contribution in [0.1, 0.15) is 25.5 Å². The molecule has 1 unspecified atom stereocenters. The van der Waals surface area contributed by atoms with E-state index in [1.807, 2.05) is 6.07 Å². The van der Waals surface area contributed by atoms with Gasteiger partial charge in [0.2, 0.25) is 0 Å². The van der Waals surface area contributed by atoms with Gasteiger partial charge in [-0.3, -0.25) is 4.79 Å². The average Bonchev–Trinajstić information content (AvgIpc) is 2.26. The van der Waals surface area contributed by atoms with Crippen LogP contribution in [0.25, 0.3) is 0 Å². The van der Waals surface area contributed by atoms with Crippen LogP contribution in [-0.2, 0) is 4.79 Å². The Bertz CT molecular complexity index is 373. The summed E-state index contributed by atoms with van der Waals surface area (Å²) in [6.07, 6.45) is -1.19. The van der Waals surface area contributed by atoms with Crippen LogP contribution >= 0.6 is 0 Å². The van der Waals surface area contributed by atoms with Crippen molar-refractivity contribution in [3.63, 3.8) is 0 Å². The Hall–Kier alpha value is -1.84. The summed E-state index contributed by atoms with van der Waals surface area (Å²) >= 11 is 0. The first kappa shape index (κ1) is 12.2. The number of benzene rings is 1. The Morgan fingerprint density at radius 2 is 1.75 bits per heavy atom. The standard InChI is InChI=1S/C12H15NO3/c1-8(2)11(14)10(13-12(15)16)9-6-4-3-5-7-9/h3-8,10,13H,1-2H3,(H,15,16). The maximum absolute atomic E-state index is 11.9. The fraction of sp³-hybridized carbons (Fsp3) is 0.333. The van der Waals surface area contributed by atoms with Crippen molar-refractivity contribution in [1.29, 1.82) is 0 Å². The molecule has 0 saturated heterocycles. The molecule has 16 heavy (non-hydrogen) atoms. The van der Waals surface area contributed by atoms with Crippen LogP contribution in [0.2, 0.25) is 0 Å². The number of carboxylic acid groups (broad SMARTS) is 1. The normalized spacial score (nSPS) is 12.2. The molecule has 1 aromatic carbocycles. The van der Waals surface area contributed by atoms with Gasteiger partial charge in [0.1, 0.15) is 6.04 Å². The van der Waals surface area contributed by atoms with Crippen LogP contribution < -0.4 is 5.32 Å². The Kier molecular flexibility index (Phi) is 4.05. The Morgan fingerprint density at radius 3 is 2.19 bits per heavy atom. The molecule has 1 atom stereocenters. The highest BCUT2D eigenvalue weighted by Crippen LogP contribution is 2.17. The third kappa shape index (κ3) is 3.08. The third-order valence-electron chi connectivity index (χ3n) is 2.25. The molecule has 0 fully saturated rings. The zero-order valence-electron chi connectivity index (χ0n) is 9.31. The van der Waals surface area contributed by atoms with Gasteiger partial charge >= 0.3 is 6.09 Å². The quantitative estimate of drug-likeness (QED) is 0.819. The molecule has 0 aromatic heterocycles. The predicted octanol–water partition coefficient (Wildman–Crippen LogP) is 2.22. The minimum absolute atomic E-state index is 0.131. The number of hydrogen-bond donors (Lipinski definition) is 2.